The second-order valence-electron chi connectivity index (χ2n) is 5.77. The second kappa shape index (κ2) is 7.94. The highest BCUT2D eigenvalue weighted by atomic mass is 14.9. The molecule has 2 aromatic rings. The third-order valence-electron chi connectivity index (χ3n) is 3.89. The molecule has 1 heterocycles. The molecule has 2 heteroatoms. The van der Waals surface area contributed by atoms with Crippen molar-refractivity contribution in [3.8, 4) is 0 Å². The molecule has 0 aliphatic rings. The van der Waals surface area contributed by atoms with Crippen molar-refractivity contribution in [2.75, 3.05) is 6.54 Å². The van der Waals surface area contributed by atoms with Crippen LogP contribution in [0.5, 0.6) is 0 Å². The number of benzene rings is 1. The van der Waals surface area contributed by atoms with E-state index in [1.807, 2.05) is 18.5 Å². The minimum absolute atomic E-state index is 0.422. The lowest BCUT2D eigenvalue weighted by Gasteiger charge is -2.21. The Hall–Kier alpha value is -1.67. The maximum absolute atomic E-state index is 4.21. The van der Waals surface area contributed by atoms with Crippen LogP contribution in [0.1, 0.15) is 48.1 Å². The number of hydrogen-bond donors (Lipinski definition) is 1. The first kappa shape index (κ1) is 15.7. The first-order valence-electron chi connectivity index (χ1n) is 7.90. The summed E-state index contributed by atoms with van der Waals surface area (Å²) in [6, 6.07) is 11.4. The van der Waals surface area contributed by atoms with E-state index in [1.54, 1.807) is 0 Å². The smallest absolute Gasteiger partial charge is 0.0326 e. The van der Waals surface area contributed by atoms with E-state index < -0.39 is 0 Å². The number of nitrogens with one attached hydrogen (secondary N) is 1. The molecule has 21 heavy (non-hydrogen) atoms. The van der Waals surface area contributed by atoms with Crippen LogP contribution in [0.2, 0.25) is 0 Å². The van der Waals surface area contributed by atoms with E-state index >= 15 is 0 Å². The van der Waals surface area contributed by atoms with Crippen molar-refractivity contribution in [3.05, 3.63) is 65.0 Å². The van der Waals surface area contributed by atoms with Crippen molar-refractivity contribution < 1.29 is 0 Å². The number of aromatic nitrogens is 1. The van der Waals surface area contributed by atoms with Gasteiger partial charge in [-0.25, -0.2) is 0 Å². The Morgan fingerprint density at radius 2 is 2.05 bits per heavy atom. The van der Waals surface area contributed by atoms with Crippen molar-refractivity contribution in [1.29, 1.82) is 0 Å². The summed E-state index contributed by atoms with van der Waals surface area (Å²) in [7, 11) is 0. The quantitative estimate of drug-likeness (QED) is 0.815. The molecule has 2 rings (SSSR count). The van der Waals surface area contributed by atoms with Gasteiger partial charge in [0, 0.05) is 18.4 Å². The minimum atomic E-state index is 0.422. The molecular formula is C19H26N2. The molecule has 0 saturated carbocycles. The summed E-state index contributed by atoms with van der Waals surface area (Å²) in [4.78, 5) is 4.21. The molecule has 0 aliphatic heterocycles. The van der Waals surface area contributed by atoms with E-state index in [0.29, 0.717) is 6.04 Å². The van der Waals surface area contributed by atoms with Gasteiger partial charge in [-0.1, -0.05) is 36.8 Å². The number of hydrogen-bond acceptors (Lipinski definition) is 2. The average Bonchev–Trinajstić information content (AvgIpc) is 2.49. The molecule has 0 bridgehead atoms. The van der Waals surface area contributed by atoms with E-state index in [-0.39, 0.29) is 0 Å². The summed E-state index contributed by atoms with van der Waals surface area (Å²) in [6.45, 7) is 7.64. The fraction of sp³-hybridized carbons (Fsp3) is 0.421. The summed E-state index contributed by atoms with van der Waals surface area (Å²) in [5.74, 6) is 0. The third-order valence-corrected chi connectivity index (χ3v) is 3.89. The summed E-state index contributed by atoms with van der Waals surface area (Å²) >= 11 is 0. The standard InChI is InChI=1S/C19H26N2/c1-4-11-21-19(10-8-17-6-5-12-20-14-17)18-9-7-15(2)13-16(18)3/h5-7,9,12-14,19,21H,4,8,10-11H2,1-3H3. The van der Waals surface area contributed by atoms with Crippen LogP contribution >= 0.6 is 0 Å². The van der Waals surface area contributed by atoms with Gasteiger partial charge in [0.25, 0.3) is 0 Å². The van der Waals surface area contributed by atoms with Crippen molar-refractivity contribution in [3.63, 3.8) is 0 Å². The Labute approximate surface area is 128 Å². The molecular weight excluding hydrogens is 256 g/mol. The van der Waals surface area contributed by atoms with Crippen LogP contribution in [0.4, 0.5) is 0 Å². The van der Waals surface area contributed by atoms with Gasteiger partial charge in [0.1, 0.15) is 0 Å². The Morgan fingerprint density at radius 3 is 2.71 bits per heavy atom. The zero-order valence-corrected chi connectivity index (χ0v) is 13.4. The zero-order valence-electron chi connectivity index (χ0n) is 13.4. The first-order chi connectivity index (χ1) is 10.2. The first-order valence-corrected chi connectivity index (χ1v) is 7.90. The Morgan fingerprint density at radius 1 is 1.19 bits per heavy atom. The fourth-order valence-electron chi connectivity index (χ4n) is 2.76. The van der Waals surface area contributed by atoms with Crippen LogP contribution in [-0.4, -0.2) is 11.5 Å². The normalized spacial score (nSPS) is 12.3. The topological polar surface area (TPSA) is 24.9 Å². The van der Waals surface area contributed by atoms with Gasteiger partial charge in [-0.2, -0.15) is 0 Å². The van der Waals surface area contributed by atoms with Gasteiger partial charge in [-0.05, 0) is 62.4 Å². The van der Waals surface area contributed by atoms with Crippen LogP contribution in [0, 0.1) is 13.8 Å². The molecule has 0 radical (unpaired) electrons. The third kappa shape index (κ3) is 4.68. The van der Waals surface area contributed by atoms with Crippen LogP contribution in [0.15, 0.2) is 42.7 Å². The summed E-state index contributed by atoms with van der Waals surface area (Å²) in [5, 5.41) is 3.70. The Kier molecular flexibility index (Phi) is 5.94. The summed E-state index contributed by atoms with van der Waals surface area (Å²) in [6.07, 6.45) is 7.13. The molecule has 0 amide bonds. The molecule has 1 aromatic heterocycles. The van der Waals surface area contributed by atoms with Crippen molar-refractivity contribution in [2.24, 2.45) is 0 Å². The molecule has 0 saturated heterocycles. The van der Waals surface area contributed by atoms with Crippen molar-refractivity contribution in [1.82, 2.24) is 10.3 Å². The monoisotopic (exact) mass is 282 g/mol. The fourth-order valence-corrected chi connectivity index (χ4v) is 2.76. The molecule has 0 fully saturated rings. The Balaban J connectivity index is 2.10. The van der Waals surface area contributed by atoms with Crippen molar-refractivity contribution >= 4 is 0 Å². The number of rotatable bonds is 7. The molecule has 1 aromatic carbocycles. The predicted molar refractivity (Wildman–Crippen MR) is 89.5 cm³/mol. The SMILES string of the molecule is CCCNC(CCc1cccnc1)c1ccc(C)cc1C. The van der Waals surface area contributed by atoms with Gasteiger partial charge in [0.05, 0.1) is 0 Å². The van der Waals surface area contributed by atoms with Crippen LogP contribution in [0.3, 0.4) is 0 Å². The highest BCUT2D eigenvalue weighted by Gasteiger charge is 2.13. The van der Waals surface area contributed by atoms with E-state index in [1.165, 1.54) is 22.3 Å². The minimum Gasteiger partial charge on any atom is -0.310 e. The van der Waals surface area contributed by atoms with Gasteiger partial charge in [0.2, 0.25) is 0 Å². The zero-order chi connectivity index (χ0) is 15.1. The van der Waals surface area contributed by atoms with E-state index in [2.05, 4.69) is 55.3 Å². The largest absolute Gasteiger partial charge is 0.310 e. The van der Waals surface area contributed by atoms with Gasteiger partial charge >= 0.3 is 0 Å². The molecule has 0 aliphatic carbocycles. The van der Waals surface area contributed by atoms with Crippen LogP contribution in [-0.2, 0) is 6.42 Å². The van der Waals surface area contributed by atoms with Crippen molar-refractivity contribution in [2.45, 2.75) is 46.1 Å². The van der Waals surface area contributed by atoms with E-state index in [4.69, 9.17) is 0 Å². The van der Waals surface area contributed by atoms with Gasteiger partial charge in [-0.15, -0.1) is 0 Å². The predicted octanol–water partition coefficient (Wildman–Crippen LogP) is 4.37. The number of aryl methyl sites for hydroxylation is 3. The number of nitrogens with zero attached hydrogens (tertiary/aromatic N) is 1. The maximum Gasteiger partial charge on any atom is 0.0326 e. The molecule has 112 valence electrons. The maximum atomic E-state index is 4.21. The average molecular weight is 282 g/mol. The molecule has 1 unspecified atom stereocenters. The summed E-state index contributed by atoms with van der Waals surface area (Å²) < 4.78 is 0. The lowest BCUT2D eigenvalue weighted by Crippen LogP contribution is -2.23. The lowest BCUT2D eigenvalue weighted by atomic mass is 9.94. The molecule has 2 nitrogen and oxygen atoms in total. The van der Waals surface area contributed by atoms with E-state index in [9.17, 15) is 0 Å². The summed E-state index contributed by atoms with van der Waals surface area (Å²) in [5.41, 5.74) is 5.45. The van der Waals surface area contributed by atoms with E-state index in [0.717, 1.165) is 25.8 Å². The number of pyridine rings is 1. The van der Waals surface area contributed by atoms with Gasteiger partial charge < -0.3 is 5.32 Å². The molecule has 1 atom stereocenters. The van der Waals surface area contributed by atoms with Crippen LogP contribution in [0.25, 0.3) is 0 Å². The van der Waals surface area contributed by atoms with Crippen LogP contribution < -0.4 is 5.32 Å². The molecule has 0 spiro atoms. The molecule has 1 N–H and O–H groups in total. The Bertz CT molecular complexity index is 549. The van der Waals surface area contributed by atoms with Gasteiger partial charge in [-0.3, -0.25) is 4.98 Å². The lowest BCUT2D eigenvalue weighted by molar-refractivity contribution is 0.497. The van der Waals surface area contributed by atoms with Gasteiger partial charge in [0.15, 0.2) is 0 Å². The highest BCUT2D eigenvalue weighted by molar-refractivity contribution is 5.33. The second-order valence-corrected chi connectivity index (χ2v) is 5.77. The highest BCUT2D eigenvalue weighted by Crippen LogP contribution is 2.23.